The lowest BCUT2D eigenvalue weighted by Crippen LogP contribution is -2.38. The quantitative estimate of drug-likeness (QED) is 0.724. The molecule has 1 fully saturated rings. The van der Waals surface area contributed by atoms with Gasteiger partial charge in [0, 0.05) is 27.1 Å². The van der Waals surface area contributed by atoms with Crippen molar-refractivity contribution in [3.63, 3.8) is 0 Å². The lowest BCUT2D eigenvalue weighted by atomic mass is 9.75. The van der Waals surface area contributed by atoms with Crippen LogP contribution >= 0.6 is 11.6 Å². The molecule has 29 heavy (non-hydrogen) atoms. The van der Waals surface area contributed by atoms with Crippen LogP contribution in [0.2, 0.25) is 5.02 Å². The van der Waals surface area contributed by atoms with Crippen LogP contribution in [0.5, 0.6) is 5.75 Å². The molecule has 0 spiro atoms. The summed E-state index contributed by atoms with van der Waals surface area (Å²) in [5.41, 5.74) is 0.448. The van der Waals surface area contributed by atoms with Crippen molar-refractivity contribution in [3.8, 4) is 5.75 Å². The number of hydrogen-bond donors (Lipinski definition) is 0. The minimum Gasteiger partial charge on any atom is -0.491 e. The Morgan fingerprint density at radius 3 is 2.48 bits per heavy atom. The van der Waals surface area contributed by atoms with Crippen molar-refractivity contribution in [3.05, 3.63) is 76.3 Å². The van der Waals surface area contributed by atoms with Crippen LogP contribution in [-0.4, -0.2) is 37.2 Å². The lowest BCUT2D eigenvalue weighted by molar-refractivity contribution is -0.120. The Labute approximate surface area is 174 Å². The average molecular weight is 413 g/mol. The summed E-state index contributed by atoms with van der Waals surface area (Å²) in [5.74, 6) is 0.343. The molecule has 2 aromatic rings. The first-order valence-corrected chi connectivity index (χ1v) is 9.80. The maximum absolute atomic E-state index is 13.0. The normalized spacial score (nSPS) is 21.7. The molecule has 2 atom stereocenters. The van der Waals surface area contributed by atoms with Gasteiger partial charge in [-0.3, -0.25) is 9.59 Å². The van der Waals surface area contributed by atoms with Crippen LogP contribution in [0.3, 0.4) is 0 Å². The Morgan fingerprint density at radius 2 is 1.76 bits per heavy atom. The fourth-order valence-electron chi connectivity index (χ4n) is 3.55. The van der Waals surface area contributed by atoms with Gasteiger partial charge in [0.25, 0.3) is 0 Å². The van der Waals surface area contributed by atoms with Gasteiger partial charge in [-0.2, -0.15) is 0 Å². The highest BCUT2D eigenvalue weighted by Gasteiger charge is 2.45. The van der Waals surface area contributed by atoms with Gasteiger partial charge in [0.15, 0.2) is 17.9 Å². The van der Waals surface area contributed by atoms with Gasteiger partial charge in [-0.05, 0) is 30.3 Å². The minimum atomic E-state index is -0.796. The van der Waals surface area contributed by atoms with E-state index < -0.39 is 11.7 Å². The van der Waals surface area contributed by atoms with Gasteiger partial charge in [-0.25, -0.2) is 0 Å². The van der Waals surface area contributed by atoms with E-state index in [0.29, 0.717) is 40.7 Å². The van der Waals surface area contributed by atoms with E-state index in [1.807, 2.05) is 13.8 Å². The summed E-state index contributed by atoms with van der Waals surface area (Å²) in [6.07, 6.45) is 0.473. The van der Waals surface area contributed by atoms with E-state index >= 15 is 0 Å². The fraction of sp³-hybridized carbons (Fsp3) is 0.304. The molecule has 0 N–H and O–H groups in total. The maximum atomic E-state index is 13.0. The molecule has 1 aliphatic heterocycles. The summed E-state index contributed by atoms with van der Waals surface area (Å²) >= 11 is 5.88. The van der Waals surface area contributed by atoms with Gasteiger partial charge in [0.2, 0.25) is 0 Å². The molecule has 6 heteroatoms. The molecule has 0 unspecified atom stereocenters. The molecule has 0 saturated carbocycles. The molecule has 0 amide bonds. The van der Waals surface area contributed by atoms with Crippen molar-refractivity contribution in [1.29, 1.82) is 0 Å². The van der Waals surface area contributed by atoms with Crippen LogP contribution in [0.1, 0.15) is 34.6 Å². The largest absolute Gasteiger partial charge is 0.491 e. The molecule has 0 radical (unpaired) electrons. The zero-order valence-electron chi connectivity index (χ0n) is 16.2. The summed E-state index contributed by atoms with van der Waals surface area (Å²) in [6.45, 7) is 4.35. The van der Waals surface area contributed by atoms with Crippen molar-refractivity contribution in [2.75, 3.05) is 13.2 Å². The first-order valence-electron chi connectivity index (χ1n) is 9.42. The van der Waals surface area contributed by atoms with Crippen molar-refractivity contribution in [1.82, 2.24) is 0 Å². The first-order chi connectivity index (χ1) is 13.9. The number of fused-ring (bicyclic) bond motifs is 1. The Morgan fingerprint density at radius 1 is 1.07 bits per heavy atom. The zero-order valence-corrected chi connectivity index (χ0v) is 16.9. The third-order valence-electron chi connectivity index (χ3n) is 5.24. The second kappa shape index (κ2) is 7.75. The van der Waals surface area contributed by atoms with Crippen LogP contribution in [0.25, 0.3) is 0 Å². The molecule has 0 aromatic heterocycles. The number of hydrogen-bond acceptors (Lipinski definition) is 5. The smallest absolute Gasteiger partial charge is 0.190 e. The van der Waals surface area contributed by atoms with Gasteiger partial charge in [0.1, 0.15) is 18.5 Å². The highest BCUT2D eigenvalue weighted by Crippen LogP contribution is 2.40. The number of halogens is 1. The lowest BCUT2D eigenvalue weighted by Gasteiger charge is -2.33. The van der Waals surface area contributed by atoms with E-state index in [0.717, 1.165) is 0 Å². The van der Waals surface area contributed by atoms with Crippen LogP contribution in [0.4, 0.5) is 0 Å². The highest BCUT2D eigenvalue weighted by atomic mass is 35.5. The number of rotatable bonds is 5. The molecular formula is C23H21ClO5. The van der Waals surface area contributed by atoms with E-state index in [2.05, 4.69) is 0 Å². The second-order valence-corrected chi connectivity index (χ2v) is 8.14. The Kier molecular flexibility index (Phi) is 5.30. The Balaban J connectivity index is 1.45. The van der Waals surface area contributed by atoms with E-state index in [1.165, 1.54) is 6.08 Å². The van der Waals surface area contributed by atoms with E-state index in [-0.39, 0.29) is 17.7 Å². The number of ketones is 2. The molecular weight excluding hydrogens is 392 g/mol. The van der Waals surface area contributed by atoms with E-state index in [1.54, 1.807) is 48.5 Å². The van der Waals surface area contributed by atoms with E-state index in [9.17, 15) is 9.59 Å². The summed E-state index contributed by atoms with van der Waals surface area (Å²) < 4.78 is 17.6. The number of Topliss-reactive ketones (excluding diaryl/α,β-unsaturated/α-hetero) is 1. The van der Waals surface area contributed by atoms with Gasteiger partial charge < -0.3 is 14.2 Å². The van der Waals surface area contributed by atoms with Crippen LogP contribution in [-0.2, 0) is 9.47 Å². The molecule has 150 valence electrons. The van der Waals surface area contributed by atoms with Crippen molar-refractivity contribution in [2.24, 2.45) is 5.41 Å². The molecule has 1 saturated heterocycles. The van der Waals surface area contributed by atoms with Gasteiger partial charge in [-0.15, -0.1) is 0 Å². The van der Waals surface area contributed by atoms with Gasteiger partial charge in [0.05, 0.1) is 6.61 Å². The Hall–Kier alpha value is -2.47. The number of benzene rings is 2. The Bertz CT molecular complexity index is 977. The third-order valence-corrected chi connectivity index (χ3v) is 5.49. The predicted molar refractivity (Wildman–Crippen MR) is 109 cm³/mol. The summed E-state index contributed by atoms with van der Waals surface area (Å²) in [5, 5.41) is 0.640. The third kappa shape index (κ3) is 3.86. The molecule has 1 heterocycles. The maximum Gasteiger partial charge on any atom is 0.190 e. The molecule has 2 aromatic carbocycles. The standard InChI is InChI=1S/C23H21ClO5/c1-23(2,19-11-20(25)17-5-3-4-6-18(17)21(19)26)22-28-13-16(29-22)12-27-15-9-7-14(24)8-10-15/h3-11,16,22H,12-13H2,1-2H3/t16-,22+/m1/s1. The highest BCUT2D eigenvalue weighted by molar-refractivity contribution is 6.30. The summed E-state index contributed by atoms with van der Waals surface area (Å²) in [7, 11) is 0. The summed E-state index contributed by atoms with van der Waals surface area (Å²) in [6, 6.07) is 13.9. The van der Waals surface area contributed by atoms with Crippen LogP contribution in [0.15, 0.2) is 60.2 Å². The number of allylic oxidation sites excluding steroid dienone is 1. The average Bonchev–Trinajstić information content (AvgIpc) is 3.20. The van der Waals surface area contributed by atoms with Gasteiger partial charge >= 0.3 is 0 Å². The molecule has 1 aliphatic carbocycles. The summed E-state index contributed by atoms with van der Waals surface area (Å²) in [4.78, 5) is 25.5. The van der Waals surface area contributed by atoms with Crippen molar-refractivity contribution in [2.45, 2.75) is 26.2 Å². The zero-order chi connectivity index (χ0) is 20.6. The van der Waals surface area contributed by atoms with Crippen LogP contribution < -0.4 is 4.74 Å². The monoisotopic (exact) mass is 412 g/mol. The van der Waals surface area contributed by atoms with Crippen LogP contribution in [0, 0.1) is 5.41 Å². The number of carbonyl (C=O) groups is 2. The molecule has 4 rings (SSSR count). The topological polar surface area (TPSA) is 61.8 Å². The molecule has 5 nitrogen and oxygen atoms in total. The SMILES string of the molecule is CC(C)(C1=CC(=O)c2ccccc2C1=O)[C@H]1OC[C@@H](COc2ccc(Cl)cc2)O1. The molecule has 0 bridgehead atoms. The molecule has 2 aliphatic rings. The van der Waals surface area contributed by atoms with Gasteiger partial charge in [-0.1, -0.05) is 49.7 Å². The van der Waals surface area contributed by atoms with E-state index in [4.69, 9.17) is 25.8 Å². The van der Waals surface area contributed by atoms with Crippen molar-refractivity contribution >= 4 is 23.2 Å². The van der Waals surface area contributed by atoms with Crippen molar-refractivity contribution < 1.29 is 23.8 Å². The number of carbonyl (C=O) groups excluding carboxylic acids is 2. The number of ether oxygens (including phenoxy) is 3. The first kappa shape index (κ1) is 19.8. The predicted octanol–water partition coefficient (Wildman–Crippen LogP) is 4.49. The minimum absolute atomic E-state index is 0.168. The second-order valence-electron chi connectivity index (χ2n) is 7.71. The fourth-order valence-corrected chi connectivity index (χ4v) is 3.68.